The van der Waals surface area contributed by atoms with Crippen LogP contribution in [-0.4, -0.2) is 9.97 Å². The number of hydrogen-bond acceptors (Lipinski definition) is 3. The Hall–Kier alpha value is -0.870. The molecule has 0 radical (unpaired) electrons. The average molecular weight is 330 g/mol. The average Bonchev–Trinajstić information content (AvgIpc) is 2.80. The minimum atomic E-state index is 0.407. The van der Waals surface area contributed by atoms with E-state index in [1.54, 1.807) is 6.07 Å². The van der Waals surface area contributed by atoms with E-state index in [9.17, 15) is 0 Å². The Kier molecular flexibility index (Phi) is 3.39. The highest BCUT2D eigenvalue weighted by Gasteiger charge is 2.13. The van der Waals surface area contributed by atoms with Crippen molar-refractivity contribution in [2.75, 3.05) is 0 Å². The monoisotopic (exact) mass is 328 g/mol. The minimum absolute atomic E-state index is 0.407. The summed E-state index contributed by atoms with van der Waals surface area (Å²) in [4.78, 5) is 9.71. The van der Waals surface area contributed by atoms with Gasteiger partial charge in [-0.1, -0.05) is 40.9 Å². The van der Waals surface area contributed by atoms with Gasteiger partial charge in [-0.2, -0.15) is 0 Å². The van der Waals surface area contributed by atoms with Gasteiger partial charge in [0, 0.05) is 5.39 Å². The van der Waals surface area contributed by atoms with Crippen LogP contribution in [0.15, 0.2) is 24.3 Å². The van der Waals surface area contributed by atoms with Crippen LogP contribution >= 0.6 is 46.1 Å². The predicted molar refractivity (Wildman–Crippen MR) is 82.6 cm³/mol. The van der Waals surface area contributed by atoms with Crippen LogP contribution in [0, 0.1) is 6.92 Å². The highest BCUT2D eigenvalue weighted by Crippen LogP contribution is 2.34. The lowest BCUT2D eigenvalue weighted by molar-refractivity contribution is 1.23. The SMILES string of the molecule is Cc1ccc(Cl)c2nc(-c3ccc(Cl)s3)nc(Cl)c12. The first kappa shape index (κ1) is 13.1. The molecule has 0 saturated carbocycles. The zero-order valence-corrected chi connectivity index (χ0v) is 12.8. The fourth-order valence-electron chi connectivity index (χ4n) is 1.86. The maximum absolute atomic E-state index is 6.26. The van der Waals surface area contributed by atoms with E-state index in [0.717, 1.165) is 15.8 Å². The molecule has 0 unspecified atom stereocenters. The van der Waals surface area contributed by atoms with Crippen molar-refractivity contribution < 1.29 is 0 Å². The van der Waals surface area contributed by atoms with Crippen molar-refractivity contribution in [3.8, 4) is 10.7 Å². The van der Waals surface area contributed by atoms with E-state index in [1.165, 1.54) is 11.3 Å². The van der Waals surface area contributed by atoms with Gasteiger partial charge in [-0.15, -0.1) is 11.3 Å². The topological polar surface area (TPSA) is 25.8 Å². The van der Waals surface area contributed by atoms with Gasteiger partial charge in [-0.3, -0.25) is 0 Å². The van der Waals surface area contributed by atoms with Crippen LogP contribution in [0.25, 0.3) is 21.6 Å². The van der Waals surface area contributed by atoms with E-state index in [0.29, 0.717) is 25.9 Å². The molecule has 0 bridgehead atoms. The summed E-state index contributed by atoms with van der Waals surface area (Å²) in [5.41, 5.74) is 1.67. The van der Waals surface area contributed by atoms with Crippen molar-refractivity contribution in [1.29, 1.82) is 0 Å². The van der Waals surface area contributed by atoms with Crippen molar-refractivity contribution in [1.82, 2.24) is 9.97 Å². The molecule has 0 amide bonds. The molecule has 0 aliphatic carbocycles. The third-order valence-corrected chi connectivity index (χ3v) is 4.56. The Morgan fingerprint density at radius 2 is 1.79 bits per heavy atom. The number of aromatic nitrogens is 2. The number of fused-ring (bicyclic) bond motifs is 1. The first-order valence-corrected chi connectivity index (χ1v) is 7.39. The van der Waals surface area contributed by atoms with Crippen LogP contribution in [0.1, 0.15) is 5.56 Å². The predicted octanol–water partition coefficient (Wildman–Crippen LogP) is 5.63. The summed E-state index contributed by atoms with van der Waals surface area (Å²) in [7, 11) is 0. The molecular formula is C13H7Cl3N2S. The van der Waals surface area contributed by atoms with E-state index in [4.69, 9.17) is 34.8 Å². The molecule has 0 aliphatic rings. The minimum Gasteiger partial charge on any atom is -0.226 e. The lowest BCUT2D eigenvalue weighted by atomic mass is 10.1. The summed E-state index contributed by atoms with van der Waals surface area (Å²) in [5, 5.41) is 1.76. The lowest BCUT2D eigenvalue weighted by Gasteiger charge is -2.07. The molecule has 0 fully saturated rings. The summed E-state index contributed by atoms with van der Waals surface area (Å²) >= 11 is 19.8. The number of thiophene rings is 1. The smallest absolute Gasteiger partial charge is 0.171 e. The van der Waals surface area contributed by atoms with Crippen LogP contribution < -0.4 is 0 Å². The molecule has 3 aromatic rings. The molecule has 0 spiro atoms. The van der Waals surface area contributed by atoms with E-state index >= 15 is 0 Å². The molecule has 2 aromatic heterocycles. The normalized spacial score (nSPS) is 11.2. The first-order chi connectivity index (χ1) is 9.06. The number of rotatable bonds is 1. The van der Waals surface area contributed by atoms with Crippen LogP contribution in [0.2, 0.25) is 14.5 Å². The second-order valence-corrected chi connectivity index (χ2v) is 6.51. The van der Waals surface area contributed by atoms with E-state index in [1.807, 2.05) is 25.1 Å². The molecule has 19 heavy (non-hydrogen) atoms. The molecule has 0 atom stereocenters. The largest absolute Gasteiger partial charge is 0.226 e. The summed E-state index contributed by atoms with van der Waals surface area (Å²) < 4.78 is 0.685. The summed E-state index contributed by atoms with van der Waals surface area (Å²) in [6.45, 7) is 1.95. The Bertz CT molecular complexity index is 783. The maximum atomic E-state index is 6.26. The maximum Gasteiger partial charge on any atom is 0.171 e. The van der Waals surface area contributed by atoms with Crippen LogP contribution in [0.3, 0.4) is 0 Å². The molecule has 1 aromatic carbocycles. The first-order valence-electron chi connectivity index (χ1n) is 5.44. The van der Waals surface area contributed by atoms with Gasteiger partial charge in [-0.05, 0) is 30.7 Å². The number of halogens is 3. The Labute approximate surface area is 129 Å². The van der Waals surface area contributed by atoms with Crippen molar-refractivity contribution >= 4 is 57.0 Å². The molecule has 2 nitrogen and oxygen atoms in total. The third-order valence-electron chi connectivity index (χ3n) is 2.76. The highest BCUT2D eigenvalue weighted by atomic mass is 35.5. The molecule has 3 rings (SSSR count). The number of hydrogen-bond donors (Lipinski definition) is 0. The van der Waals surface area contributed by atoms with Crippen molar-refractivity contribution in [2.24, 2.45) is 0 Å². The van der Waals surface area contributed by atoms with Gasteiger partial charge in [0.15, 0.2) is 5.82 Å². The van der Waals surface area contributed by atoms with Crippen LogP contribution in [-0.2, 0) is 0 Å². The fourth-order valence-corrected chi connectivity index (χ4v) is 3.36. The summed E-state index contributed by atoms with van der Waals surface area (Å²) in [6.07, 6.45) is 0. The van der Waals surface area contributed by atoms with E-state index in [-0.39, 0.29) is 0 Å². The van der Waals surface area contributed by atoms with Crippen LogP contribution in [0.4, 0.5) is 0 Å². The van der Waals surface area contributed by atoms with E-state index in [2.05, 4.69) is 9.97 Å². The molecule has 0 saturated heterocycles. The van der Waals surface area contributed by atoms with Gasteiger partial charge in [0.25, 0.3) is 0 Å². The van der Waals surface area contributed by atoms with Gasteiger partial charge in [-0.25, -0.2) is 9.97 Å². The van der Waals surface area contributed by atoms with Gasteiger partial charge < -0.3 is 0 Å². The highest BCUT2D eigenvalue weighted by molar-refractivity contribution is 7.19. The van der Waals surface area contributed by atoms with Crippen molar-refractivity contribution in [3.05, 3.63) is 44.3 Å². The number of aryl methyl sites for hydroxylation is 1. The Balaban J connectivity index is 2.33. The standard InChI is InChI=1S/C13H7Cl3N2S/c1-6-2-3-7(14)11-10(6)12(16)18-13(17-11)8-4-5-9(15)19-8/h2-5H,1H3. The third kappa shape index (κ3) is 2.32. The molecule has 96 valence electrons. The molecule has 6 heteroatoms. The quantitative estimate of drug-likeness (QED) is 0.541. The van der Waals surface area contributed by atoms with Gasteiger partial charge in [0.1, 0.15) is 5.15 Å². The van der Waals surface area contributed by atoms with Crippen LogP contribution in [0.5, 0.6) is 0 Å². The fraction of sp³-hybridized carbons (Fsp3) is 0.0769. The Morgan fingerprint density at radius 1 is 1.00 bits per heavy atom. The Morgan fingerprint density at radius 3 is 2.47 bits per heavy atom. The number of nitrogens with zero attached hydrogens (tertiary/aromatic N) is 2. The zero-order valence-electron chi connectivity index (χ0n) is 9.75. The van der Waals surface area contributed by atoms with Crippen molar-refractivity contribution in [3.63, 3.8) is 0 Å². The van der Waals surface area contributed by atoms with Gasteiger partial charge in [0.05, 0.1) is 19.8 Å². The summed E-state index contributed by atoms with van der Waals surface area (Å²) in [5.74, 6) is 0.543. The molecule has 2 heterocycles. The number of benzene rings is 1. The lowest BCUT2D eigenvalue weighted by Crippen LogP contribution is -1.92. The van der Waals surface area contributed by atoms with Gasteiger partial charge in [0.2, 0.25) is 0 Å². The second-order valence-electron chi connectivity index (χ2n) is 4.03. The van der Waals surface area contributed by atoms with Gasteiger partial charge >= 0.3 is 0 Å². The zero-order chi connectivity index (χ0) is 13.6. The van der Waals surface area contributed by atoms with Crippen molar-refractivity contribution in [2.45, 2.75) is 6.92 Å². The molecule has 0 aliphatic heterocycles. The second kappa shape index (κ2) is 4.91. The van der Waals surface area contributed by atoms with E-state index < -0.39 is 0 Å². The molecule has 0 N–H and O–H groups in total. The molecular weight excluding hydrogens is 323 g/mol. The summed E-state index contributed by atoms with van der Waals surface area (Å²) in [6, 6.07) is 7.39.